The predicted octanol–water partition coefficient (Wildman–Crippen LogP) is 7.68. The first-order valence-electron chi connectivity index (χ1n) is 12.3. The monoisotopic (exact) mass is 569 g/mol. The van der Waals surface area contributed by atoms with Gasteiger partial charge in [-0.1, -0.05) is 36.4 Å². The summed E-state index contributed by atoms with van der Waals surface area (Å²) in [6, 6.07) is 29.8. The molecule has 40 heavy (non-hydrogen) atoms. The normalized spacial score (nSPS) is 11.4. The molecule has 200 valence electrons. The van der Waals surface area contributed by atoms with E-state index >= 15 is 0 Å². The Hall–Kier alpha value is -4.47. The molecule has 0 spiro atoms. The quantitative estimate of drug-likeness (QED) is 0.178. The predicted molar refractivity (Wildman–Crippen MR) is 159 cm³/mol. The van der Waals surface area contributed by atoms with E-state index in [0.717, 1.165) is 16.0 Å². The number of amides is 2. The molecule has 9 heteroatoms. The van der Waals surface area contributed by atoms with Crippen LogP contribution in [0.5, 0.6) is 5.75 Å². The standard InChI is InChI=1S/C31H24FN3O3S2/c1-38-25-9-5-8-22(18-25)29(36)33-24-14-16-26(17-15-24)40-28(21-6-3-2-4-7-21)30(37)35-31-34-27(19-39-31)20-10-12-23(32)13-11-20/h2-19,28H,1H3,(H,33,36)(H,34,35,37). The number of halogens is 1. The Morgan fingerprint density at radius 3 is 2.38 bits per heavy atom. The second kappa shape index (κ2) is 12.6. The minimum atomic E-state index is -0.545. The van der Waals surface area contributed by atoms with Gasteiger partial charge in [0.05, 0.1) is 12.8 Å². The van der Waals surface area contributed by atoms with Gasteiger partial charge in [-0.2, -0.15) is 0 Å². The average Bonchev–Trinajstić information content (AvgIpc) is 3.45. The molecule has 0 fully saturated rings. The number of methoxy groups -OCH3 is 1. The van der Waals surface area contributed by atoms with Gasteiger partial charge in [0.25, 0.3) is 5.91 Å². The lowest BCUT2D eigenvalue weighted by molar-refractivity contribution is -0.115. The minimum Gasteiger partial charge on any atom is -0.497 e. The van der Waals surface area contributed by atoms with Crippen LogP contribution in [0.15, 0.2) is 113 Å². The van der Waals surface area contributed by atoms with Crippen molar-refractivity contribution >= 4 is 45.7 Å². The molecule has 4 aromatic carbocycles. The first-order chi connectivity index (χ1) is 19.5. The Morgan fingerprint density at radius 2 is 1.65 bits per heavy atom. The first kappa shape index (κ1) is 27.1. The van der Waals surface area contributed by atoms with E-state index in [9.17, 15) is 14.0 Å². The molecule has 1 atom stereocenters. The van der Waals surface area contributed by atoms with Crippen LogP contribution in [-0.4, -0.2) is 23.9 Å². The number of rotatable bonds is 9. The van der Waals surface area contributed by atoms with E-state index in [1.54, 1.807) is 55.6 Å². The summed E-state index contributed by atoms with van der Waals surface area (Å²) in [5.41, 5.74) is 3.40. The van der Waals surface area contributed by atoms with Gasteiger partial charge < -0.3 is 15.4 Å². The molecule has 0 radical (unpaired) electrons. The number of carbonyl (C=O) groups excluding carboxylic acids is 2. The van der Waals surface area contributed by atoms with E-state index in [4.69, 9.17) is 4.74 Å². The summed E-state index contributed by atoms with van der Waals surface area (Å²) in [5, 5.41) is 7.56. The highest BCUT2D eigenvalue weighted by Gasteiger charge is 2.23. The fourth-order valence-corrected chi connectivity index (χ4v) is 5.62. The highest BCUT2D eigenvalue weighted by atomic mass is 32.2. The summed E-state index contributed by atoms with van der Waals surface area (Å²) in [5.74, 6) is -0.174. The Bertz CT molecular complexity index is 1610. The lowest BCUT2D eigenvalue weighted by atomic mass is 10.1. The van der Waals surface area contributed by atoms with Gasteiger partial charge in [-0.15, -0.1) is 23.1 Å². The fourth-order valence-electron chi connectivity index (χ4n) is 3.88. The van der Waals surface area contributed by atoms with Crippen molar-refractivity contribution in [3.8, 4) is 17.0 Å². The number of nitrogens with zero attached hydrogens (tertiary/aromatic N) is 1. The number of hydrogen-bond acceptors (Lipinski definition) is 6. The second-order valence-electron chi connectivity index (χ2n) is 8.65. The van der Waals surface area contributed by atoms with Gasteiger partial charge in [0.2, 0.25) is 5.91 Å². The van der Waals surface area contributed by atoms with Crippen LogP contribution < -0.4 is 15.4 Å². The summed E-state index contributed by atoms with van der Waals surface area (Å²) in [6.45, 7) is 0. The third kappa shape index (κ3) is 6.74. The van der Waals surface area contributed by atoms with E-state index in [1.165, 1.54) is 35.2 Å². The average molecular weight is 570 g/mol. The number of hydrogen-bond donors (Lipinski definition) is 2. The zero-order valence-electron chi connectivity index (χ0n) is 21.3. The maximum Gasteiger partial charge on any atom is 0.255 e. The molecule has 1 heterocycles. The van der Waals surface area contributed by atoms with Crippen molar-refractivity contribution in [3.63, 3.8) is 0 Å². The molecule has 0 aliphatic rings. The summed E-state index contributed by atoms with van der Waals surface area (Å²) in [6.07, 6.45) is 0. The number of ether oxygens (including phenoxy) is 1. The van der Waals surface area contributed by atoms with Crippen molar-refractivity contribution < 1.29 is 18.7 Å². The summed E-state index contributed by atoms with van der Waals surface area (Å²) < 4.78 is 18.5. The fraction of sp³-hybridized carbons (Fsp3) is 0.0645. The van der Waals surface area contributed by atoms with Crippen LogP contribution in [-0.2, 0) is 4.79 Å². The molecule has 0 aliphatic heterocycles. The smallest absolute Gasteiger partial charge is 0.255 e. The van der Waals surface area contributed by atoms with Gasteiger partial charge >= 0.3 is 0 Å². The lowest BCUT2D eigenvalue weighted by Crippen LogP contribution is -2.19. The molecule has 5 rings (SSSR count). The maximum atomic E-state index is 13.4. The number of carbonyl (C=O) groups is 2. The van der Waals surface area contributed by atoms with Crippen molar-refractivity contribution in [1.29, 1.82) is 0 Å². The van der Waals surface area contributed by atoms with Crippen molar-refractivity contribution in [2.45, 2.75) is 10.1 Å². The topological polar surface area (TPSA) is 80.3 Å². The number of thioether (sulfide) groups is 1. The van der Waals surface area contributed by atoms with Gasteiger partial charge in [0.1, 0.15) is 16.8 Å². The van der Waals surface area contributed by atoms with Crippen LogP contribution >= 0.6 is 23.1 Å². The van der Waals surface area contributed by atoms with Crippen molar-refractivity contribution in [3.05, 3.63) is 125 Å². The van der Waals surface area contributed by atoms with Crippen LogP contribution in [0.4, 0.5) is 15.2 Å². The van der Waals surface area contributed by atoms with Crippen LogP contribution in [0.3, 0.4) is 0 Å². The number of nitrogens with one attached hydrogen (secondary N) is 2. The molecule has 2 N–H and O–H groups in total. The van der Waals surface area contributed by atoms with Crippen LogP contribution in [0.25, 0.3) is 11.3 Å². The second-order valence-corrected chi connectivity index (χ2v) is 10.7. The van der Waals surface area contributed by atoms with E-state index in [-0.39, 0.29) is 17.6 Å². The minimum absolute atomic E-state index is 0.216. The number of anilines is 2. The molecule has 6 nitrogen and oxygen atoms in total. The molecule has 5 aromatic rings. The van der Waals surface area contributed by atoms with Gasteiger partial charge in [-0.3, -0.25) is 9.59 Å². The Balaban J connectivity index is 1.29. The van der Waals surface area contributed by atoms with Crippen LogP contribution in [0, 0.1) is 5.82 Å². The van der Waals surface area contributed by atoms with Gasteiger partial charge in [-0.25, -0.2) is 9.37 Å². The summed E-state index contributed by atoms with van der Waals surface area (Å²) in [4.78, 5) is 31.5. The summed E-state index contributed by atoms with van der Waals surface area (Å²) >= 11 is 2.71. The number of aromatic nitrogens is 1. The van der Waals surface area contributed by atoms with Crippen molar-refractivity contribution in [1.82, 2.24) is 4.98 Å². The van der Waals surface area contributed by atoms with Crippen LogP contribution in [0.1, 0.15) is 21.2 Å². The molecule has 0 saturated carbocycles. The molecule has 2 amide bonds. The van der Waals surface area contributed by atoms with Gasteiger partial charge in [-0.05, 0) is 72.3 Å². The van der Waals surface area contributed by atoms with Crippen LogP contribution in [0.2, 0.25) is 0 Å². The van der Waals surface area contributed by atoms with E-state index in [2.05, 4.69) is 15.6 Å². The molecular formula is C31H24FN3O3S2. The summed E-state index contributed by atoms with van der Waals surface area (Å²) in [7, 11) is 1.55. The molecule has 0 saturated heterocycles. The highest BCUT2D eigenvalue weighted by molar-refractivity contribution is 8.00. The number of benzene rings is 4. The lowest BCUT2D eigenvalue weighted by Gasteiger charge is -2.16. The molecule has 0 aliphatic carbocycles. The first-order valence-corrected chi connectivity index (χ1v) is 14.0. The molecular weight excluding hydrogens is 545 g/mol. The third-order valence-electron chi connectivity index (χ3n) is 5.91. The molecule has 0 bridgehead atoms. The molecule has 1 aromatic heterocycles. The Morgan fingerprint density at radius 1 is 0.900 bits per heavy atom. The largest absolute Gasteiger partial charge is 0.497 e. The molecule has 1 unspecified atom stereocenters. The Labute approximate surface area is 239 Å². The highest BCUT2D eigenvalue weighted by Crippen LogP contribution is 2.37. The van der Waals surface area contributed by atoms with Crippen molar-refractivity contribution in [2.24, 2.45) is 0 Å². The maximum absolute atomic E-state index is 13.4. The van der Waals surface area contributed by atoms with Crippen molar-refractivity contribution in [2.75, 3.05) is 17.7 Å². The van der Waals surface area contributed by atoms with Gasteiger partial charge in [0.15, 0.2) is 5.13 Å². The SMILES string of the molecule is COc1cccc(C(=O)Nc2ccc(SC(C(=O)Nc3nc(-c4ccc(F)cc4)cs3)c3ccccc3)cc2)c1. The zero-order chi connectivity index (χ0) is 27.9. The third-order valence-corrected chi connectivity index (χ3v) is 7.94. The van der Waals surface area contributed by atoms with E-state index in [1.807, 2.05) is 47.8 Å². The van der Waals surface area contributed by atoms with Gasteiger partial charge in [0, 0.05) is 27.1 Å². The Kier molecular flexibility index (Phi) is 8.53. The van der Waals surface area contributed by atoms with E-state index < -0.39 is 5.25 Å². The zero-order valence-corrected chi connectivity index (χ0v) is 23.0. The number of thiazole rings is 1. The van der Waals surface area contributed by atoms with E-state index in [0.29, 0.717) is 27.8 Å².